The highest BCUT2D eigenvalue weighted by atomic mass is 14.9. The van der Waals surface area contributed by atoms with E-state index in [1.54, 1.807) is 0 Å². The molecule has 0 aliphatic heterocycles. The van der Waals surface area contributed by atoms with Crippen LogP contribution in [0.15, 0.2) is 78.9 Å². The summed E-state index contributed by atoms with van der Waals surface area (Å²) in [6.45, 7) is 0.925. The number of hydrogen-bond donors (Lipinski definition) is 1. The van der Waals surface area contributed by atoms with Gasteiger partial charge in [-0.3, -0.25) is 0 Å². The Morgan fingerprint density at radius 2 is 1.46 bits per heavy atom. The van der Waals surface area contributed by atoms with E-state index in [1.165, 1.54) is 47.1 Å². The fourth-order valence-electron chi connectivity index (χ4n) is 3.65. The first-order valence-electron chi connectivity index (χ1n) is 8.86. The summed E-state index contributed by atoms with van der Waals surface area (Å²) in [5, 5.41) is 3.75. The summed E-state index contributed by atoms with van der Waals surface area (Å²) in [7, 11) is 0. The molecule has 3 aromatic carbocycles. The summed E-state index contributed by atoms with van der Waals surface area (Å²) in [4.78, 5) is 0. The first kappa shape index (κ1) is 15.2. The molecule has 4 rings (SSSR count). The second-order valence-electron chi connectivity index (χ2n) is 6.59. The molecule has 0 unspecified atom stereocenters. The van der Waals surface area contributed by atoms with Gasteiger partial charge in [-0.25, -0.2) is 0 Å². The Morgan fingerprint density at radius 3 is 2.29 bits per heavy atom. The Kier molecular flexibility index (Phi) is 4.44. The van der Waals surface area contributed by atoms with Crippen LogP contribution in [0.5, 0.6) is 0 Å². The minimum absolute atomic E-state index is 0.490. The number of rotatable bonds is 4. The van der Waals surface area contributed by atoms with E-state index in [1.807, 2.05) is 0 Å². The van der Waals surface area contributed by atoms with E-state index in [4.69, 9.17) is 0 Å². The van der Waals surface area contributed by atoms with Gasteiger partial charge in [0.25, 0.3) is 0 Å². The molecule has 3 aromatic rings. The quantitative estimate of drug-likeness (QED) is 0.668. The predicted octanol–water partition coefficient (Wildman–Crippen LogP) is 5.52. The maximum Gasteiger partial charge on any atom is 0.0326 e. The zero-order valence-corrected chi connectivity index (χ0v) is 13.9. The van der Waals surface area contributed by atoms with Crippen molar-refractivity contribution in [1.29, 1.82) is 0 Å². The molecule has 0 saturated carbocycles. The Morgan fingerprint density at radius 1 is 0.750 bits per heavy atom. The Hall–Kier alpha value is -2.38. The summed E-state index contributed by atoms with van der Waals surface area (Å²) in [6.07, 6.45) is 3.74. The molecule has 1 N–H and O–H groups in total. The first-order chi connectivity index (χ1) is 11.9. The molecule has 0 bridgehead atoms. The molecule has 0 radical (unpaired) electrons. The molecule has 1 heteroatoms. The highest BCUT2D eigenvalue weighted by Crippen LogP contribution is 2.29. The number of aryl methyl sites for hydroxylation is 1. The maximum absolute atomic E-state index is 3.75. The van der Waals surface area contributed by atoms with Crippen molar-refractivity contribution in [2.24, 2.45) is 0 Å². The average molecular weight is 313 g/mol. The van der Waals surface area contributed by atoms with Crippen LogP contribution in [0.2, 0.25) is 0 Å². The van der Waals surface area contributed by atoms with Gasteiger partial charge in [-0.1, -0.05) is 78.9 Å². The molecule has 0 saturated heterocycles. The van der Waals surface area contributed by atoms with Crippen molar-refractivity contribution in [3.05, 3.63) is 95.6 Å². The molecule has 1 aliphatic carbocycles. The number of fused-ring (bicyclic) bond motifs is 1. The van der Waals surface area contributed by atoms with Crippen LogP contribution in [-0.4, -0.2) is 0 Å². The molecular formula is C23H23N. The van der Waals surface area contributed by atoms with E-state index in [0.29, 0.717) is 6.04 Å². The summed E-state index contributed by atoms with van der Waals surface area (Å²) >= 11 is 0. The van der Waals surface area contributed by atoms with Crippen LogP contribution in [0.1, 0.15) is 35.6 Å². The Bertz CT molecular complexity index is 790. The fourth-order valence-corrected chi connectivity index (χ4v) is 3.65. The van der Waals surface area contributed by atoms with Crippen molar-refractivity contribution in [3.63, 3.8) is 0 Å². The number of nitrogens with one attached hydrogen (secondary N) is 1. The zero-order chi connectivity index (χ0) is 16.2. The van der Waals surface area contributed by atoms with Crippen LogP contribution in [-0.2, 0) is 13.0 Å². The maximum atomic E-state index is 3.75. The molecule has 120 valence electrons. The Labute approximate surface area is 144 Å². The number of hydrogen-bond acceptors (Lipinski definition) is 1. The lowest BCUT2D eigenvalue weighted by Crippen LogP contribution is -2.24. The van der Waals surface area contributed by atoms with Crippen molar-refractivity contribution in [1.82, 2.24) is 5.32 Å². The molecule has 1 nitrogen and oxygen atoms in total. The van der Waals surface area contributed by atoms with Gasteiger partial charge >= 0.3 is 0 Å². The average Bonchev–Trinajstić information content (AvgIpc) is 2.67. The predicted molar refractivity (Wildman–Crippen MR) is 101 cm³/mol. The van der Waals surface area contributed by atoms with Gasteiger partial charge in [-0.05, 0) is 47.1 Å². The van der Waals surface area contributed by atoms with Crippen LogP contribution in [0.25, 0.3) is 11.1 Å². The van der Waals surface area contributed by atoms with Gasteiger partial charge in [0.1, 0.15) is 0 Å². The van der Waals surface area contributed by atoms with Crippen LogP contribution >= 0.6 is 0 Å². The molecular weight excluding hydrogens is 290 g/mol. The fraction of sp³-hybridized carbons (Fsp3) is 0.217. The summed E-state index contributed by atoms with van der Waals surface area (Å²) in [6, 6.07) is 28.8. The Balaban J connectivity index is 1.44. The molecule has 0 fully saturated rings. The van der Waals surface area contributed by atoms with Gasteiger partial charge in [-0.2, -0.15) is 0 Å². The lowest BCUT2D eigenvalue weighted by molar-refractivity contribution is 0.459. The van der Waals surface area contributed by atoms with E-state index >= 15 is 0 Å². The first-order valence-corrected chi connectivity index (χ1v) is 8.86. The third-order valence-corrected chi connectivity index (χ3v) is 4.98. The van der Waals surface area contributed by atoms with Crippen molar-refractivity contribution >= 4 is 0 Å². The van der Waals surface area contributed by atoms with E-state index in [9.17, 15) is 0 Å². The summed E-state index contributed by atoms with van der Waals surface area (Å²) in [5.41, 5.74) is 6.91. The van der Waals surface area contributed by atoms with Crippen molar-refractivity contribution in [2.75, 3.05) is 0 Å². The van der Waals surface area contributed by atoms with Gasteiger partial charge < -0.3 is 5.32 Å². The third kappa shape index (κ3) is 3.27. The van der Waals surface area contributed by atoms with Crippen molar-refractivity contribution < 1.29 is 0 Å². The van der Waals surface area contributed by atoms with Gasteiger partial charge in [0, 0.05) is 12.6 Å². The summed E-state index contributed by atoms with van der Waals surface area (Å²) in [5.74, 6) is 0. The zero-order valence-electron chi connectivity index (χ0n) is 13.9. The molecule has 0 spiro atoms. The van der Waals surface area contributed by atoms with E-state index < -0.39 is 0 Å². The highest BCUT2D eigenvalue weighted by Gasteiger charge is 2.18. The van der Waals surface area contributed by atoms with Crippen LogP contribution in [0, 0.1) is 0 Å². The van der Waals surface area contributed by atoms with Crippen LogP contribution in [0.3, 0.4) is 0 Å². The minimum Gasteiger partial charge on any atom is -0.306 e. The normalized spacial score (nSPS) is 16.6. The largest absolute Gasteiger partial charge is 0.306 e. The highest BCUT2D eigenvalue weighted by molar-refractivity contribution is 5.63. The molecule has 0 aromatic heterocycles. The second-order valence-corrected chi connectivity index (χ2v) is 6.59. The van der Waals surface area contributed by atoms with Gasteiger partial charge in [0.05, 0.1) is 0 Å². The van der Waals surface area contributed by atoms with Crippen LogP contribution < -0.4 is 5.32 Å². The SMILES string of the molecule is c1ccc(-c2ccc(CN[C@H]3CCCc4ccccc43)cc2)cc1. The van der Waals surface area contributed by atoms with Gasteiger partial charge in [0.15, 0.2) is 0 Å². The monoisotopic (exact) mass is 313 g/mol. The lowest BCUT2D eigenvalue weighted by Gasteiger charge is -2.26. The van der Waals surface area contributed by atoms with Gasteiger partial charge in [0.2, 0.25) is 0 Å². The standard InChI is InChI=1S/C23H23N/c1-2-7-19(8-3-1)20-15-13-18(14-16-20)17-24-23-12-6-10-21-9-4-5-11-22(21)23/h1-5,7-9,11,13-16,23-24H,6,10,12,17H2/t23-/m0/s1. The number of benzene rings is 3. The van der Waals surface area contributed by atoms with E-state index in [-0.39, 0.29) is 0 Å². The summed E-state index contributed by atoms with van der Waals surface area (Å²) < 4.78 is 0. The third-order valence-electron chi connectivity index (χ3n) is 4.98. The lowest BCUT2D eigenvalue weighted by atomic mass is 9.87. The van der Waals surface area contributed by atoms with E-state index in [0.717, 1.165) is 6.54 Å². The molecule has 24 heavy (non-hydrogen) atoms. The molecule has 0 amide bonds. The van der Waals surface area contributed by atoms with Crippen molar-refractivity contribution in [2.45, 2.75) is 31.8 Å². The van der Waals surface area contributed by atoms with Crippen LogP contribution in [0.4, 0.5) is 0 Å². The molecule has 1 aliphatic rings. The molecule has 1 atom stereocenters. The molecule has 0 heterocycles. The topological polar surface area (TPSA) is 12.0 Å². The minimum atomic E-state index is 0.490. The smallest absolute Gasteiger partial charge is 0.0326 e. The van der Waals surface area contributed by atoms with E-state index in [2.05, 4.69) is 84.2 Å². The van der Waals surface area contributed by atoms with Crippen molar-refractivity contribution in [3.8, 4) is 11.1 Å². The second kappa shape index (κ2) is 7.02. The van der Waals surface area contributed by atoms with Gasteiger partial charge in [-0.15, -0.1) is 0 Å².